The first-order valence-corrected chi connectivity index (χ1v) is 8.92. The van der Waals surface area contributed by atoms with E-state index in [1.807, 2.05) is 0 Å². The number of Topliss-reactive ketones (excluding diaryl/α,β-unsaturated/α-hetero) is 4. The van der Waals surface area contributed by atoms with Gasteiger partial charge in [0.1, 0.15) is 16.9 Å². The van der Waals surface area contributed by atoms with E-state index in [1.54, 1.807) is 30.3 Å². The molecule has 0 aliphatic rings. The van der Waals surface area contributed by atoms with Gasteiger partial charge in [0.05, 0.1) is 5.39 Å². The fourth-order valence-corrected chi connectivity index (χ4v) is 3.46. The van der Waals surface area contributed by atoms with Crippen molar-refractivity contribution in [3.63, 3.8) is 0 Å². The Morgan fingerprint density at radius 2 is 1.28 bits per heavy atom. The molecule has 3 aromatic rings. The SMILES string of the molecule is CC(=O)c1cc2oc(-c3ccccc3)c(C(C)=O)c(=O)c2c(C(C)=O)c1C(C)=O. The Morgan fingerprint density at radius 3 is 1.76 bits per heavy atom. The van der Waals surface area contributed by atoms with Gasteiger partial charge in [-0.25, -0.2) is 0 Å². The van der Waals surface area contributed by atoms with E-state index in [4.69, 9.17) is 4.42 Å². The molecule has 0 spiro atoms. The summed E-state index contributed by atoms with van der Waals surface area (Å²) < 4.78 is 5.90. The minimum absolute atomic E-state index is 0.00654. The number of benzene rings is 2. The molecule has 3 rings (SSSR count). The summed E-state index contributed by atoms with van der Waals surface area (Å²) in [4.78, 5) is 62.5. The van der Waals surface area contributed by atoms with Crippen LogP contribution in [0.3, 0.4) is 0 Å². The third kappa shape index (κ3) is 3.33. The topological polar surface area (TPSA) is 98.5 Å². The first-order chi connectivity index (χ1) is 13.6. The summed E-state index contributed by atoms with van der Waals surface area (Å²) >= 11 is 0. The lowest BCUT2D eigenvalue weighted by atomic mass is 9.89. The highest BCUT2D eigenvalue weighted by Crippen LogP contribution is 2.31. The molecule has 0 saturated heterocycles. The summed E-state index contributed by atoms with van der Waals surface area (Å²) in [5.74, 6) is -2.03. The predicted octanol–water partition coefficient (Wildman–Crippen LogP) is 4.27. The van der Waals surface area contributed by atoms with Gasteiger partial charge >= 0.3 is 0 Å². The molecule has 0 unspecified atom stereocenters. The van der Waals surface area contributed by atoms with Crippen molar-refractivity contribution in [1.82, 2.24) is 0 Å². The van der Waals surface area contributed by atoms with E-state index < -0.39 is 28.6 Å². The van der Waals surface area contributed by atoms with Crippen LogP contribution < -0.4 is 5.43 Å². The van der Waals surface area contributed by atoms with E-state index in [0.29, 0.717) is 5.56 Å². The van der Waals surface area contributed by atoms with Crippen LogP contribution in [0.1, 0.15) is 69.1 Å². The number of hydrogen-bond donors (Lipinski definition) is 0. The largest absolute Gasteiger partial charge is 0.455 e. The summed E-state index contributed by atoms with van der Waals surface area (Å²) in [6.07, 6.45) is 0. The van der Waals surface area contributed by atoms with E-state index in [1.165, 1.54) is 33.8 Å². The quantitative estimate of drug-likeness (QED) is 0.603. The van der Waals surface area contributed by atoms with Crippen LogP contribution in [0.4, 0.5) is 0 Å². The zero-order valence-electron chi connectivity index (χ0n) is 16.4. The van der Waals surface area contributed by atoms with Crippen LogP contribution in [0.25, 0.3) is 22.3 Å². The van der Waals surface area contributed by atoms with Crippen LogP contribution in [0.2, 0.25) is 0 Å². The van der Waals surface area contributed by atoms with Crippen molar-refractivity contribution >= 4 is 34.1 Å². The zero-order valence-corrected chi connectivity index (χ0v) is 16.4. The lowest BCUT2D eigenvalue weighted by molar-refractivity contribution is 0.0968. The second kappa shape index (κ2) is 7.39. The number of rotatable bonds is 5. The second-order valence-electron chi connectivity index (χ2n) is 6.77. The first kappa shape index (κ1) is 20.1. The standard InChI is InChI=1S/C23H18O6/c1-11(24)16-10-17-21(19(13(3)26)18(16)12(2)25)22(28)20(14(4)27)23(29-17)15-8-6-5-7-9-15/h5-10H,1-4H3. The van der Waals surface area contributed by atoms with Gasteiger partial charge in [0, 0.05) is 22.3 Å². The van der Waals surface area contributed by atoms with E-state index >= 15 is 0 Å². The van der Waals surface area contributed by atoms with Crippen LogP contribution in [0.5, 0.6) is 0 Å². The van der Waals surface area contributed by atoms with Crippen LogP contribution in [0, 0.1) is 0 Å². The van der Waals surface area contributed by atoms with E-state index in [2.05, 4.69) is 0 Å². The number of hydrogen-bond acceptors (Lipinski definition) is 6. The highest BCUT2D eigenvalue weighted by Gasteiger charge is 2.28. The summed E-state index contributed by atoms with van der Waals surface area (Å²) in [6, 6.07) is 9.88. The molecule has 0 saturated carbocycles. The lowest BCUT2D eigenvalue weighted by Gasteiger charge is -2.14. The zero-order chi connectivity index (χ0) is 21.5. The van der Waals surface area contributed by atoms with E-state index in [0.717, 1.165) is 0 Å². The Bertz CT molecular complexity index is 1260. The normalized spacial score (nSPS) is 10.8. The summed E-state index contributed by atoms with van der Waals surface area (Å²) in [7, 11) is 0. The maximum Gasteiger partial charge on any atom is 0.204 e. The number of carbonyl (C=O) groups excluding carboxylic acids is 4. The van der Waals surface area contributed by atoms with Gasteiger partial charge in [-0.05, 0) is 33.8 Å². The van der Waals surface area contributed by atoms with Gasteiger partial charge in [-0.2, -0.15) is 0 Å². The van der Waals surface area contributed by atoms with E-state index in [9.17, 15) is 24.0 Å². The molecule has 1 heterocycles. The van der Waals surface area contributed by atoms with Crippen LogP contribution in [-0.4, -0.2) is 23.1 Å². The summed E-state index contributed by atoms with van der Waals surface area (Å²) in [5.41, 5.74) is -0.784. The first-order valence-electron chi connectivity index (χ1n) is 8.92. The van der Waals surface area contributed by atoms with Gasteiger partial charge in [-0.3, -0.25) is 24.0 Å². The minimum atomic E-state index is -0.708. The molecule has 6 heteroatoms. The van der Waals surface area contributed by atoms with Gasteiger partial charge in [-0.15, -0.1) is 0 Å². The molecule has 0 N–H and O–H groups in total. The van der Waals surface area contributed by atoms with Crippen molar-refractivity contribution in [1.29, 1.82) is 0 Å². The molecular weight excluding hydrogens is 372 g/mol. The minimum Gasteiger partial charge on any atom is -0.455 e. The van der Waals surface area contributed by atoms with E-state index in [-0.39, 0.29) is 39.0 Å². The molecule has 0 aliphatic heterocycles. The Kier molecular flexibility index (Phi) is 5.12. The molecule has 1 aromatic heterocycles. The Morgan fingerprint density at radius 1 is 0.724 bits per heavy atom. The Hall–Kier alpha value is -3.67. The van der Waals surface area contributed by atoms with Gasteiger partial charge in [-0.1, -0.05) is 30.3 Å². The molecule has 0 bridgehead atoms. The molecular formula is C23H18O6. The highest BCUT2D eigenvalue weighted by molar-refractivity contribution is 6.20. The maximum absolute atomic E-state index is 13.3. The fraction of sp³-hybridized carbons (Fsp3) is 0.174. The number of ketones is 4. The molecule has 0 aliphatic carbocycles. The highest BCUT2D eigenvalue weighted by atomic mass is 16.3. The Balaban J connectivity index is 2.64. The summed E-state index contributed by atoms with van der Waals surface area (Å²) in [6.45, 7) is 4.90. The van der Waals surface area contributed by atoms with Crippen LogP contribution in [0.15, 0.2) is 45.6 Å². The molecule has 0 fully saturated rings. The monoisotopic (exact) mass is 390 g/mol. The number of fused-ring (bicyclic) bond motifs is 1. The van der Waals surface area contributed by atoms with Gasteiger partial charge in [0.25, 0.3) is 0 Å². The Labute approximate surface area is 166 Å². The van der Waals surface area contributed by atoms with Gasteiger partial charge in [0.2, 0.25) is 5.43 Å². The van der Waals surface area contributed by atoms with Crippen molar-refractivity contribution < 1.29 is 23.6 Å². The molecule has 6 nitrogen and oxygen atoms in total. The predicted molar refractivity (Wildman–Crippen MR) is 108 cm³/mol. The summed E-state index contributed by atoms with van der Waals surface area (Å²) in [5, 5.41) is -0.169. The molecule has 0 amide bonds. The average Bonchev–Trinajstić information content (AvgIpc) is 2.66. The van der Waals surface area contributed by atoms with Crippen molar-refractivity contribution in [2.75, 3.05) is 0 Å². The number of carbonyl (C=O) groups is 4. The molecule has 146 valence electrons. The molecule has 2 aromatic carbocycles. The molecule has 0 radical (unpaired) electrons. The molecule has 29 heavy (non-hydrogen) atoms. The fourth-order valence-electron chi connectivity index (χ4n) is 3.46. The van der Waals surface area contributed by atoms with Crippen molar-refractivity contribution in [3.8, 4) is 11.3 Å². The second-order valence-corrected chi connectivity index (χ2v) is 6.77. The van der Waals surface area contributed by atoms with Crippen molar-refractivity contribution in [2.45, 2.75) is 27.7 Å². The van der Waals surface area contributed by atoms with Crippen LogP contribution >= 0.6 is 0 Å². The van der Waals surface area contributed by atoms with Gasteiger partial charge < -0.3 is 4.42 Å². The van der Waals surface area contributed by atoms with Gasteiger partial charge in [0.15, 0.2) is 23.1 Å². The lowest BCUT2D eigenvalue weighted by Crippen LogP contribution is -2.20. The maximum atomic E-state index is 13.3. The third-order valence-corrected chi connectivity index (χ3v) is 4.66. The average molecular weight is 390 g/mol. The third-order valence-electron chi connectivity index (χ3n) is 4.66. The molecule has 0 atom stereocenters. The smallest absolute Gasteiger partial charge is 0.204 e. The van der Waals surface area contributed by atoms with Crippen molar-refractivity contribution in [2.24, 2.45) is 0 Å². The van der Waals surface area contributed by atoms with Crippen LogP contribution in [-0.2, 0) is 0 Å². The van der Waals surface area contributed by atoms with Crippen molar-refractivity contribution in [3.05, 3.63) is 68.9 Å².